The number of aromatic nitrogens is 3. The average molecular weight is 423 g/mol. The highest BCUT2D eigenvalue weighted by molar-refractivity contribution is 5.91. The molecule has 0 saturated carbocycles. The number of benzene rings is 2. The first-order valence-electron chi connectivity index (χ1n) is 10.0. The van der Waals surface area contributed by atoms with E-state index in [9.17, 15) is 13.2 Å². The Bertz CT molecular complexity index is 1280. The van der Waals surface area contributed by atoms with E-state index in [1.54, 1.807) is 12.4 Å². The summed E-state index contributed by atoms with van der Waals surface area (Å²) in [6, 6.07) is 6.82. The zero-order valence-electron chi connectivity index (χ0n) is 16.8. The Morgan fingerprint density at radius 1 is 1.03 bits per heavy atom. The molecule has 8 heteroatoms. The largest absolute Gasteiger partial charge is 0.369 e. The number of hydrogen-bond acceptors (Lipinski definition) is 4. The molecular formula is C23H20F3N5. The molecule has 0 unspecified atom stereocenters. The molecule has 2 aromatic heterocycles. The molecule has 4 aromatic rings. The third kappa shape index (κ3) is 3.53. The topological polar surface area (TPSA) is 70.8 Å². The van der Waals surface area contributed by atoms with Gasteiger partial charge in [-0.25, -0.2) is 18.2 Å². The summed E-state index contributed by atoms with van der Waals surface area (Å²) >= 11 is 0. The standard InChI is InChI=1S/C23H20F3N5/c1-12-4-13(6-14(24)5-12)17-9-28-10-18(22(17)31-3-2-16(27)11-31)23-29-20-8-15(25)7-19(26)21(20)30-23/h4-10,16H,2-3,11,27H2,1H3,(H,29,30)/t16-/m0/s1. The number of H-pyrrole nitrogens is 1. The van der Waals surface area contributed by atoms with Crippen LogP contribution in [0.1, 0.15) is 12.0 Å². The van der Waals surface area contributed by atoms with Gasteiger partial charge in [-0.2, -0.15) is 0 Å². The van der Waals surface area contributed by atoms with Crippen molar-refractivity contribution >= 4 is 16.7 Å². The molecule has 1 fully saturated rings. The molecular weight excluding hydrogens is 403 g/mol. The van der Waals surface area contributed by atoms with Crippen molar-refractivity contribution in [3.63, 3.8) is 0 Å². The number of rotatable bonds is 3. The van der Waals surface area contributed by atoms with Gasteiger partial charge in [0.15, 0.2) is 5.82 Å². The lowest BCUT2D eigenvalue weighted by molar-refractivity contribution is 0.590. The molecule has 1 atom stereocenters. The predicted octanol–water partition coefficient (Wildman–Crippen LogP) is 4.56. The van der Waals surface area contributed by atoms with E-state index in [-0.39, 0.29) is 22.9 Å². The van der Waals surface area contributed by atoms with Gasteiger partial charge in [0.05, 0.1) is 16.8 Å². The van der Waals surface area contributed by atoms with E-state index in [4.69, 9.17) is 5.73 Å². The van der Waals surface area contributed by atoms with Gasteiger partial charge >= 0.3 is 0 Å². The number of anilines is 1. The molecule has 1 aliphatic heterocycles. The Hall–Kier alpha value is -3.39. The molecule has 1 saturated heterocycles. The fourth-order valence-electron chi connectivity index (χ4n) is 4.23. The molecule has 2 aromatic carbocycles. The van der Waals surface area contributed by atoms with Crippen molar-refractivity contribution in [1.82, 2.24) is 15.0 Å². The zero-order chi connectivity index (χ0) is 21.7. The number of hydrogen-bond donors (Lipinski definition) is 2. The maximum Gasteiger partial charge on any atom is 0.153 e. The maximum absolute atomic E-state index is 14.3. The minimum atomic E-state index is -0.743. The van der Waals surface area contributed by atoms with E-state index in [0.29, 0.717) is 30.0 Å². The number of nitrogens with zero attached hydrogens (tertiary/aromatic N) is 3. The summed E-state index contributed by atoms with van der Waals surface area (Å²) in [5.41, 5.74) is 10.0. The van der Waals surface area contributed by atoms with Crippen molar-refractivity contribution in [2.75, 3.05) is 18.0 Å². The normalized spacial score (nSPS) is 16.4. The van der Waals surface area contributed by atoms with Gasteiger partial charge in [0, 0.05) is 43.2 Å². The molecule has 0 radical (unpaired) electrons. The summed E-state index contributed by atoms with van der Waals surface area (Å²) in [6.07, 6.45) is 4.12. The maximum atomic E-state index is 14.3. The van der Waals surface area contributed by atoms with Crippen LogP contribution in [-0.2, 0) is 0 Å². The van der Waals surface area contributed by atoms with E-state index < -0.39 is 11.6 Å². The molecule has 31 heavy (non-hydrogen) atoms. The first-order chi connectivity index (χ1) is 14.9. The van der Waals surface area contributed by atoms with Gasteiger partial charge in [-0.05, 0) is 42.7 Å². The summed E-state index contributed by atoms with van der Waals surface area (Å²) in [5, 5.41) is 0. The van der Waals surface area contributed by atoms with Crippen LogP contribution in [0.15, 0.2) is 42.7 Å². The Kier molecular flexibility index (Phi) is 4.66. The van der Waals surface area contributed by atoms with Crippen molar-refractivity contribution in [3.05, 3.63) is 65.7 Å². The summed E-state index contributed by atoms with van der Waals surface area (Å²) < 4.78 is 42.1. The van der Waals surface area contributed by atoms with Crippen LogP contribution in [0.3, 0.4) is 0 Å². The first kappa shape index (κ1) is 19.6. The number of fused-ring (bicyclic) bond motifs is 1. The van der Waals surface area contributed by atoms with Crippen LogP contribution in [0.2, 0.25) is 0 Å². The Morgan fingerprint density at radius 2 is 1.81 bits per heavy atom. The summed E-state index contributed by atoms with van der Waals surface area (Å²) in [7, 11) is 0. The number of imidazole rings is 1. The minimum absolute atomic E-state index is 0.00493. The number of halogens is 3. The molecule has 5 nitrogen and oxygen atoms in total. The molecule has 5 rings (SSSR count). The van der Waals surface area contributed by atoms with Crippen LogP contribution < -0.4 is 10.6 Å². The lowest BCUT2D eigenvalue weighted by Crippen LogP contribution is -2.27. The fourth-order valence-corrected chi connectivity index (χ4v) is 4.23. The van der Waals surface area contributed by atoms with Crippen LogP contribution in [-0.4, -0.2) is 34.1 Å². The second-order valence-electron chi connectivity index (χ2n) is 7.96. The molecule has 0 amide bonds. The highest BCUT2D eigenvalue weighted by Gasteiger charge is 2.27. The molecule has 1 aliphatic rings. The van der Waals surface area contributed by atoms with Crippen LogP contribution in [0.25, 0.3) is 33.5 Å². The van der Waals surface area contributed by atoms with Crippen LogP contribution >= 0.6 is 0 Å². The van der Waals surface area contributed by atoms with Gasteiger partial charge in [-0.3, -0.25) is 4.98 Å². The number of pyridine rings is 1. The second-order valence-corrected chi connectivity index (χ2v) is 7.96. The van der Waals surface area contributed by atoms with Crippen molar-refractivity contribution in [2.24, 2.45) is 5.73 Å². The molecule has 3 heterocycles. The molecule has 0 bridgehead atoms. The lowest BCUT2D eigenvalue weighted by Gasteiger charge is -2.24. The number of nitrogens with one attached hydrogen (secondary N) is 1. The Morgan fingerprint density at radius 3 is 2.55 bits per heavy atom. The molecule has 3 N–H and O–H groups in total. The zero-order valence-corrected chi connectivity index (χ0v) is 16.8. The van der Waals surface area contributed by atoms with Crippen molar-refractivity contribution in [3.8, 4) is 22.5 Å². The van der Waals surface area contributed by atoms with Gasteiger partial charge in [0.1, 0.15) is 23.0 Å². The van der Waals surface area contributed by atoms with Crippen molar-refractivity contribution < 1.29 is 13.2 Å². The molecule has 0 aliphatic carbocycles. The average Bonchev–Trinajstić information content (AvgIpc) is 3.33. The Balaban J connectivity index is 1.75. The lowest BCUT2D eigenvalue weighted by atomic mass is 10.00. The van der Waals surface area contributed by atoms with E-state index in [1.807, 2.05) is 13.0 Å². The molecule has 158 valence electrons. The van der Waals surface area contributed by atoms with E-state index >= 15 is 0 Å². The minimum Gasteiger partial charge on any atom is -0.369 e. The van der Waals surface area contributed by atoms with Gasteiger partial charge in [-0.1, -0.05) is 6.07 Å². The van der Waals surface area contributed by atoms with Crippen LogP contribution in [0.5, 0.6) is 0 Å². The number of nitrogens with two attached hydrogens (primary N) is 1. The van der Waals surface area contributed by atoms with Gasteiger partial charge < -0.3 is 15.6 Å². The predicted molar refractivity (Wildman–Crippen MR) is 114 cm³/mol. The van der Waals surface area contributed by atoms with Gasteiger partial charge in [-0.15, -0.1) is 0 Å². The van der Waals surface area contributed by atoms with Crippen molar-refractivity contribution in [1.29, 1.82) is 0 Å². The van der Waals surface area contributed by atoms with E-state index in [2.05, 4.69) is 19.9 Å². The highest BCUT2D eigenvalue weighted by Crippen LogP contribution is 2.40. The Labute approximate surface area is 176 Å². The summed E-state index contributed by atoms with van der Waals surface area (Å²) in [5.74, 6) is -1.41. The fraction of sp³-hybridized carbons (Fsp3) is 0.217. The highest BCUT2D eigenvalue weighted by atomic mass is 19.1. The number of aromatic amines is 1. The van der Waals surface area contributed by atoms with Gasteiger partial charge in [0.25, 0.3) is 0 Å². The SMILES string of the molecule is Cc1cc(F)cc(-c2cncc(-c3nc4c(F)cc(F)cc4[nH]3)c2N2CC[C@H](N)C2)c1. The first-order valence-corrected chi connectivity index (χ1v) is 10.0. The van der Waals surface area contributed by atoms with Gasteiger partial charge in [0.2, 0.25) is 0 Å². The number of aryl methyl sites for hydroxylation is 1. The summed E-state index contributed by atoms with van der Waals surface area (Å²) in [6.45, 7) is 3.15. The molecule has 0 spiro atoms. The van der Waals surface area contributed by atoms with Crippen molar-refractivity contribution in [2.45, 2.75) is 19.4 Å². The van der Waals surface area contributed by atoms with Crippen LogP contribution in [0.4, 0.5) is 18.9 Å². The third-order valence-electron chi connectivity index (χ3n) is 5.57. The monoisotopic (exact) mass is 423 g/mol. The second kappa shape index (κ2) is 7.39. The van der Waals surface area contributed by atoms with E-state index in [0.717, 1.165) is 29.3 Å². The van der Waals surface area contributed by atoms with E-state index in [1.165, 1.54) is 18.2 Å². The summed E-state index contributed by atoms with van der Waals surface area (Å²) in [4.78, 5) is 13.8. The quantitative estimate of drug-likeness (QED) is 0.507. The third-order valence-corrected chi connectivity index (χ3v) is 5.57. The van der Waals surface area contributed by atoms with Crippen LogP contribution in [0, 0.1) is 24.4 Å². The smallest absolute Gasteiger partial charge is 0.153 e.